The molecule has 1 aromatic rings. The zero-order valence-corrected chi connectivity index (χ0v) is 9.44. The van der Waals surface area contributed by atoms with Crippen LogP contribution in [0.4, 0.5) is 0 Å². The molecule has 0 saturated carbocycles. The van der Waals surface area contributed by atoms with Gasteiger partial charge in [0.2, 0.25) is 5.88 Å². The third-order valence-electron chi connectivity index (χ3n) is 2.96. The maximum absolute atomic E-state index is 5.33. The van der Waals surface area contributed by atoms with E-state index in [9.17, 15) is 0 Å². The molecule has 82 valence electrons. The SMILES string of the molecule is CCOc1ccc(C2CCCN2C)cn1. The molecule has 1 aliphatic heterocycles. The number of nitrogens with zero attached hydrogens (tertiary/aromatic N) is 2. The molecule has 3 heteroatoms. The van der Waals surface area contributed by atoms with Gasteiger partial charge in [-0.05, 0) is 38.9 Å². The van der Waals surface area contributed by atoms with Crippen LogP contribution in [-0.4, -0.2) is 30.1 Å². The van der Waals surface area contributed by atoms with Crippen molar-refractivity contribution in [3.05, 3.63) is 23.9 Å². The highest BCUT2D eigenvalue weighted by Gasteiger charge is 2.22. The van der Waals surface area contributed by atoms with Gasteiger partial charge in [0.05, 0.1) is 6.61 Å². The Morgan fingerprint density at radius 1 is 1.53 bits per heavy atom. The predicted octanol–water partition coefficient (Wildman–Crippen LogP) is 2.25. The van der Waals surface area contributed by atoms with E-state index < -0.39 is 0 Å². The highest BCUT2D eigenvalue weighted by molar-refractivity contribution is 5.21. The van der Waals surface area contributed by atoms with Crippen LogP contribution in [0.1, 0.15) is 31.4 Å². The molecule has 1 atom stereocenters. The van der Waals surface area contributed by atoms with Crippen molar-refractivity contribution in [2.45, 2.75) is 25.8 Å². The number of hydrogen-bond donors (Lipinski definition) is 0. The van der Waals surface area contributed by atoms with E-state index in [1.54, 1.807) is 0 Å². The summed E-state index contributed by atoms with van der Waals surface area (Å²) in [4.78, 5) is 6.68. The minimum absolute atomic E-state index is 0.549. The molecule has 0 radical (unpaired) electrons. The Kier molecular flexibility index (Phi) is 3.21. The first kappa shape index (κ1) is 10.4. The molecular formula is C12H18N2O. The largest absolute Gasteiger partial charge is 0.478 e. The van der Waals surface area contributed by atoms with Gasteiger partial charge in [-0.2, -0.15) is 0 Å². The van der Waals surface area contributed by atoms with E-state index >= 15 is 0 Å². The number of aromatic nitrogens is 1. The molecule has 15 heavy (non-hydrogen) atoms. The molecule has 2 heterocycles. The van der Waals surface area contributed by atoms with Crippen molar-refractivity contribution in [1.29, 1.82) is 0 Å². The smallest absolute Gasteiger partial charge is 0.213 e. The van der Waals surface area contributed by atoms with Crippen molar-refractivity contribution in [2.24, 2.45) is 0 Å². The van der Waals surface area contributed by atoms with Gasteiger partial charge < -0.3 is 4.74 Å². The lowest BCUT2D eigenvalue weighted by Gasteiger charge is -2.19. The van der Waals surface area contributed by atoms with Gasteiger partial charge in [-0.1, -0.05) is 6.07 Å². The number of likely N-dealkylation sites (tertiary alicyclic amines) is 1. The first-order chi connectivity index (χ1) is 7.31. The number of ether oxygens (including phenoxy) is 1. The number of rotatable bonds is 3. The number of hydrogen-bond acceptors (Lipinski definition) is 3. The molecule has 0 spiro atoms. The topological polar surface area (TPSA) is 25.4 Å². The second-order valence-corrected chi connectivity index (χ2v) is 4.00. The van der Waals surface area contributed by atoms with Crippen LogP contribution >= 0.6 is 0 Å². The van der Waals surface area contributed by atoms with E-state index in [1.165, 1.54) is 24.9 Å². The molecule has 1 saturated heterocycles. The Morgan fingerprint density at radius 2 is 2.40 bits per heavy atom. The molecule has 1 aliphatic rings. The molecule has 0 bridgehead atoms. The highest BCUT2D eigenvalue weighted by atomic mass is 16.5. The van der Waals surface area contributed by atoms with E-state index in [0.29, 0.717) is 12.6 Å². The standard InChI is InChI=1S/C12H18N2O/c1-3-15-12-7-6-10(9-13-12)11-5-4-8-14(11)2/h6-7,9,11H,3-5,8H2,1-2H3. The van der Waals surface area contributed by atoms with Crippen molar-refractivity contribution >= 4 is 0 Å². The second kappa shape index (κ2) is 4.62. The van der Waals surface area contributed by atoms with E-state index in [4.69, 9.17) is 4.74 Å². The van der Waals surface area contributed by atoms with Gasteiger partial charge >= 0.3 is 0 Å². The quantitative estimate of drug-likeness (QED) is 0.758. The van der Waals surface area contributed by atoms with Gasteiger partial charge in [0.25, 0.3) is 0 Å². The molecule has 0 aromatic carbocycles. The van der Waals surface area contributed by atoms with Crippen LogP contribution in [0.5, 0.6) is 5.88 Å². The summed E-state index contributed by atoms with van der Waals surface area (Å²) in [7, 11) is 2.17. The van der Waals surface area contributed by atoms with Gasteiger partial charge in [0.15, 0.2) is 0 Å². The van der Waals surface area contributed by atoms with Crippen LogP contribution in [0.25, 0.3) is 0 Å². The molecule has 1 fully saturated rings. The summed E-state index contributed by atoms with van der Waals surface area (Å²) in [5.74, 6) is 0.724. The van der Waals surface area contributed by atoms with Gasteiger partial charge in [-0.3, -0.25) is 4.90 Å². The first-order valence-electron chi connectivity index (χ1n) is 5.60. The summed E-state index contributed by atoms with van der Waals surface area (Å²) in [6.45, 7) is 3.84. The van der Waals surface area contributed by atoms with Crippen LogP contribution in [-0.2, 0) is 0 Å². The fourth-order valence-corrected chi connectivity index (χ4v) is 2.15. The first-order valence-corrected chi connectivity index (χ1v) is 5.60. The van der Waals surface area contributed by atoms with Crippen LogP contribution in [0, 0.1) is 0 Å². The van der Waals surface area contributed by atoms with E-state index in [1.807, 2.05) is 19.2 Å². The Hall–Kier alpha value is -1.09. The minimum Gasteiger partial charge on any atom is -0.478 e. The second-order valence-electron chi connectivity index (χ2n) is 4.00. The zero-order chi connectivity index (χ0) is 10.7. The third kappa shape index (κ3) is 2.29. The van der Waals surface area contributed by atoms with Crippen LogP contribution in [0.15, 0.2) is 18.3 Å². The van der Waals surface area contributed by atoms with Crippen molar-refractivity contribution in [1.82, 2.24) is 9.88 Å². The van der Waals surface area contributed by atoms with E-state index in [2.05, 4.69) is 23.0 Å². The average Bonchev–Trinajstić information content (AvgIpc) is 2.66. The molecule has 1 aromatic heterocycles. The Bertz CT molecular complexity index is 310. The molecule has 0 amide bonds. The van der Waals surface area contributed by atoms with E-state index in [0.717, 1.165) is 5.88 Å². The van der Waals surface area contributed by atoms with Crippen LogP contribution in [0.3, 0.4) is 0 Å². The van der Waals surface area contributed by atoms with Gasteiger partial charge in [-0.15, -0.1) is 0 Å². The Balaban J connectivity index is 2.09. The van der Waals surface area contributed by atoms with Crippen molar-refractivity contribution in [3.8, 4) is 5.88 Å². The van der Waals surface area contributed by atoms with Crippen molar-refractivity contribution < 1.29 is 4.74 Å². The lowest BCUT2D eigenvalue weighted by molar-refractivity contribution is 0.312. The monoisotopic (exact) mass is 206 g/mol. The fourth-order valence-electron chi connectivity index (χ4n) is 2.15. The fraction of sp³-hybridized carbons (Fsp3) is 0.583. The summed E-state index contributed by atoms with van der Waals surface area (Å²) in [6, 6.07) is 4.64. The maximum atomic E-state index is 5.33. The highest BCUT2D eigenvalue weighted by Crippen LogP contribution is 2.30. The van der Waals surface area contributed by atoms with Crippen LogP contribution in [0.2, 0.25) is 0 Å². The molecule has 2 rings (SSSR count). The van der Waals surface area contributed by atoms with Crippen LogP contribution < -0.4 is 4.74 Å². The molecule has 0 aliphatic carbocycles. The summed E-state index contributed by atoms with van der Waals surface area (Å²) in [5.41, 5.74) is 1.30. The lowest BCUT2D eigenvalue weighted by Crippen LogP contribution is -2.17. The van der Waals surface area contributed by atoms with Crippen molar-refractivity contribution in [2.75, 3.05) is 20.2 Å². The number of pyridine rings is 1. The van der Waals surface area contributed by atoms with Crippen molar-refractivity contribution in [3.63, 3.8) is 0 Å². The minimum atomic E-state index is 0.549. The lowest BCUT2D eigenvalue weighted by atomic mass is 10.1. The van der Waals surface area contributed by atoms with Gasteiger partial charge in [0, 0.05) is 18.3 Å². The molecule has 3 nitrogen and oxygen atoms in total. The zero-order valence-electron chi connectivity index (χ0n) is 9.44. The molecule has 1 unspecified atom stereocenters. The average molecular weight is 206 g/mol. The van der Waals surface area contributed by atoms with Gasteiger partial charge in [-0.25, -0.2) is 4.98 Å². The molecular weight excluding hydrogens is 188 g/mol. The summed E-state index contributed by atoms with van der Waals surface area (Å²) >= 11 is 0. The summed E-state index contributed by atoms with van der Waals surface area (Å²) in [5, 5.41) is 0. The summed E-state index contributed by atoms with van der Waals surface area (Å²) in [6.07, 6.45) is 4.47. The molecule has 0 N–H and O–H groups in total. The predicted molar refractivity (Wildman–Crippen MR) is 60.0 cm³/mol. The Morgan fingerprint density at radius 3 is 2.93 bits per heavy atom. The van der Waals surface area contributed by atoms with E-state index in [-0.39, 0.29) is 0 Å². The summed E-state index contributed by atoms with van der Waals surface area (Å²) < 4.78 is 5.33. The third-order valence-corrected chi connectivity index (χ3v) is 2.96. The normalized spacial score (nSPS) is 21.9. The maximum Gasteiger partial charge on any atom is 0.213 e. The Labute approximate surface area is 91.1 Å². The van der Waals surface area contributed by atoms with Gasteiger partial charge in [0.1, 0.15) is 0 Å².